The number of carbonyl (C=O) groups excluding carboxylic acids is 2. The molecule has 2 fully saturated rings. The van der Waals surface area contributed by atoms with Gasteiger partial charge in [0.15, 0.2) is 0 Å². The number of nitrogens with one attached hydrogen (secondary N) is 2. The number of hydrogen-bond donors (Lipinski definition) is 2. The van der Waals surface area contributed by atoms with E-state index in [0.717, 1.165) is 52.3 Å². The van der Waals surface area contributed by atoms with Gasteiger partial charge >= 0.3 is 12.2 Å². The van der Waals surface area contributed by atoms with Gasteiger partial charge in [-0.2, -0.15) is 0 Å². The van der Waals surface area contributed by atoms with Crippen molar-refractivity contribution in [1.29, 1.82) is 0 Å². The smallest absolute Gasteiger partial charge is 0.411 e. The zero-order valence-corrected chi connectivity index (χ0v) is 29.7. The van der Waals surface area contributed by atoms with Crippen LogP contribution in [0.15, 0.2) is 91.0 Å². The van der Waals surface area contributed by atoms with E-state index in [9.17, 15) is 9.59 Å². The molecule has 8 heteroatoms. The molecule has 1 aliphatic heterocycles. The molecule has 1 aliphatic carbocycles. The number of benzene rings is 3. The van der Waals surface area contributed by atoms with Crippen LogP contribution in [-0.4, -0.2) is 46.4 Å². The average Bonchev–Trinajstić information content (AvgIpc) is 3.75. The molecular weight excluding hydrogens is 612 g/mol. The van der Waals surface area contributed by atoms with Crippen molar-refractivity contribution in [3.05, 3.63) is 113 Å². The van der Waals surface area contributed by atoms with E-state index in [1.807, 2.05) is 81.1 Å². The van der Waals surface area contributed by atoms with Gasteiger partial charge in [-0.05, 0) is 104 Å². The number of aryl methyl sites for hydroxylation is 1. The summed E-state index contributed by atoms with van der Waals surface area (Å²) in [6, 6.07) is 30.5. The summed E-state index contributed by atoms with van der Waals surface area (Å²) in [4.78, 5) is 33.1. The molecule has 1 saturated carbocycles. The van der Waals surface area contributed by atoms with Crippen molar-refractivity contribution in [2.45, 2.75) is 96.4 Å². The fourth-order valence-electron chi connectivity index (χ4n) is 6.54. The van der Waals surface area contributed by atoms with Crippen molar-refractivity contribution in [3.63, 3.8) is 0 Å². The number of amides is 2. The third kappa shape index (κ3) is 8.07. The summed E-state index contributed by atoms with van der Waals surface area (Å²) in [7, 11) is 0. The van der Waals surface area contributed by atoms with E-state index in [4.69, 9.17) is 14.5 Å². The molecule has 3 aromatic carbocycles. The number of alkyl carbamates (subject to hydrolysis) is 1. The Kier molecular flexibility index (Phi) is 9.18. The lowest BCUT2D eigenvalue weighted by atomic mass is 9.85. The predicted octanol–water partition coefficient (Wildman–Crippen LogP) is 9.04. The molecule has 0 radical (unpaired) electrons. The minimum Gasteiger partial charge on any atom is -0.444 e. The maximum absolute atomic E-state index is 13.5. The van der Waals surface area contributed by atoms with Gasteiger partial charge in [0.05, 0.1) is 18.1 Å². The monoisotopic (exact) mass is 660 g/mol. The first-order valence-corrected chi connectivity index (χ1v) is 17.2. The predicted molar refractivity (Wildman–Crippen MR) is 194 cm³/mol. The molecule has 0 spiro atoms. The van der Waals surface area contributed by atoms with E-state index >= 15 is 0 Å². The van der Waals surface area contributed by atoms with E-state index in [1.165, 1.54) is 5.56 Å². The average molecular weight is 661 g/mol. The number of nitrogens with zero attached hydrogens (tertiary/aromatic N) is 2. The highest BCUT2D eigenvalue weighted by Crippen LogP contribution is 2.53. The minimum atomic E-state index is -0.666. The first-order valence-electron chi connectivity index (χ1n) is 17.2. The van der Waals surface area contributed by atoms with Crippen molar-refractivity contribution in [1.82, 2.24) is 15.2 Å². The summed E-state index contributed by atoms with van der Waals surface area (Å²) in [6.45, 7) is 14.5. The fraction of sp³-hybridized carbons (Fsp3) is 0.390. The van der Waals surface area contributed by atoms with E-state index in [-0.39, 0.29) is 17.0 Å². The molecule has 2 aliphatic rings. The topological polar surface area (TPSA) is 92.8 Å². The van der Waals surface area contributed by atoms with Gasteiger partial charge in [-0.1, -0.05) is 87.5 Å². The lowest BCUT2D eigenvalue weighted by Crippen LogP contribution is -2.48. The van der Waals surface area contributed by atoms with Crippen LogP contribution in [0.1, 0.15) is 76.8 Å². The van der Waals surface area contributed by atoms with Crippen LogP contribution in [0.3, 0.4) is 0 Å². The summed E-state index contributed by atoms with van der Waals surface area (Å²) >= 11 is 0. The standard InChI is InChI=1S/C41H48N4O4/c1-27-22-30(29-12-9-8-10-13-29)24-36(42-27)43-33-18-16-28(17-19-33)23-34(44-37(46)49-40(5,6)7)35-26-45(38(47)48-35)41(20-21-41)32-15-11-14-31(25-32)39(2,3)4/h8-19,22,24-25,34-35H,20-21,23,26H2,1-7H3,(H,42,43)(H,44,46)/t34-,35+/m0/s1. The van der Waals surface area contributed by atoms with Gasteiger partial charge in [0.1, 0.15) is 17.5 Å². The Hall–Kier alpha value is -4.85. The van der Waals surface area contributed by atoms with Gasteiger partial charge in [0, 0.05) is 11.4 Å². The zero-order valence-electron chi connectivity index (χ0n) is 29.7. The summed E-state index contributed by atoms with van der Waals surface area (Å²) in [5, 5.41) is 6.47. The SMILES string of the molecule is Cc1cc(-c2ccccc2)cc(Nc2ccc(C[C@H](NC(=O)OC(C)(C)C)[C@H]3CN(C4(c5cccc(C(C)(C)C)c5)CC4)C(=O)O3)cc2)n1. The number of anilines is 2. The second-order valence-electron chi connectivity index (χ2n) is 15.4. The normalized spacial score (nSPS) is 17.7. The number of carbonyl (C=O) groups is 2. The van der Waals surface area contributed by atoms with Gasteiger partial charge in [-0.25, -0.2) is 14.6 Å². The molecule has 6 rings (SSSR count). The molecule has 2 heterocycles. The van der Waals surface area contributed by atoms with Crippen molar-refractivity contribution < 1.29 is 19.1 Å². The third-order valence-electron chi connectivity index (χ3n) is 9.23. The Morgan fingerprint density at radius 2 is 1.65 bits per heavy atom. The first kappa shape index (κ1) is 34.0. The minimum absolute atomic E-state index is 0.00466. The highest BCUT2D eigenvalue weighted by molar-refractivity contribution is 5.73. The lowest BCUT2D eigenvalue weighted by molar-refractivity contribution is 0.0436. The quantitative estimate of drug-likeness (QED) is 0.186. The molecular formula is C41H48N4O4. The zero-order chi connectivity index (χ0) is 35.0. The van der Waals surface area contributed by atoms with Gasteiger partial charge in [0.2, 0.25) is 0 Å². The van der Waals surface area contributed by atoms with Crippen LogP contribution in [0.2, 0.25) is 0 Å². The molecule has 0 bridgehead atoms. The molecule has 49 heavy (non-hydrogen) atoms. The Morgan fingerprint density at radius 1 is 0.939 bits per heavy atom. The van der Waals surface area contributed by atoms with Crippen molar-refractivity contribution in [2.24, 2.45) is 0 Å². The van der Waals surface area contributed by atoms with Gasteiger partial charge in [0.25, 0.3) is 0 Å². The molecule has 2 atom stereocenters. The maximum Gasteiger partial charge on any atom is 0.411 e. The largest absolute Gasteiger partial charge is 0.444 e. The molecule has 8 nitrogen and oxygen atoms in total. The number of cyclic esters (lactones) is 1. The van der Waals surface area contributed by atoms with Crippen molar-refractivity contribution in [3.8, 4) is 11.1 Å². The van der Waals surface area contributed by atoms with Crippen LogP contribution in [0.4, 0.5) is 21.1 Å². The molecule has 1 aromatic heterocycles. The summed E-state index contributed by atoms with van der Waals surface area (Å²) in [6.07, 6.45) is 0.782. The van der Waals surface area contributed by atoms with Gasteiger partial charge < -0.3 is 20.1 Å². The Labute approximate surface area is 290 Å². The highest BCUT2D eigenvalue weighted by Gasteiger charge is 2.56. The summed E-state index contributed by atoms with van der Waals surface area (Å²) < 4.78 is 11.7. The van der Waals surface area contributed by atoms with E-state index in [1.54, 1.807) is 0 Å². The number of ether oxygens (including phenoxy) is 2. The highest BCUT2D eigenvalue weighted by atomic mass is 16.6. The number of rotatable bonds is 9. The Balaban J connectivity index is 1.19. The fourth-order valence-corrected chi connectivity index (χ4v) is 6.54. The van der Waals surface area contributed by atoms with Crippen LogP contribution in [0.25, 0.3) is 11.1 Å². The van der Waals surface area contributed by atoms with Crippen molar-refractivity contribution >= 4 is 23.7 Å². The second-order valence-corrected chi connectivity index (χ2v) is 15.4. The number of pyridine rings is 1. The van der Waals surface area contributed by atoms with Crippen LogP contribution >= 0.6 is 0 Å². The molecule has 2 amide bonds. The van der Waals surface area contributed by atoms with Crippen LogP contribution in [-0.2, 0) is 26.8 Å². The third-order valence-corrected chi connectivity index (χ3v) is 9.23. The van der Waals surface area contributed by atoms with Crippen LogP contribution in [0.5, 0.6) is 0 Å². The number of hydrogen-bond acceptors (Lipinski definition) is 6. The summed E-state index contributed by atoms with van der Waals surface area (Å²) in [5.74, 6) is 0.760. The van der Waals surface area contributed by atoms with Gasteiger partial charge in [-0.15, -0.1) is 0 Å². The van der Waals surface area contributed by atoms with Crippen LogP contribution < -0.4 is 10.6 Å². The second kappa shape index (κ2) is 13.2. The molecule has 4 aromatic rings. The molecule has 1 saturated heterocycles. The number of aromatic nitrogens is 1. The molecule has 256 valence electrons. The van der Waals surface area contributed by atoms with E-state index < -0.39 is 23.8 Å². The van der Waals surface area contributed by atoms with Crippen LogP contribution in [0, 0.1) is 6.92 Å². The van der Waals surface area contributed by atoms with Gasteiger partial charge in [-0.3, -0.25) is 4.90 Å². The molecule has 0 unspecified atom stereocenters. The summed E-state index contributed by atoms with van der Waals surface area (Å²) in [5.41, 5.74) is 6.34. The van der Waals surface area contributed by atoms with E-state index in [0.29, 0.717) is 13.0 Å². The Morgan fingerprint density at radius 3 is 2.31 bits per heavy atom. The van der Waals surface area contributed by atoms with Crippen molar-refractivity contribution in [2.75, 3.05) is 11.9 Å². The first-order chi connectivity index (χ1) is 23.2. The van der Waals surface area contributed by atoms with E-state index in [2.05, 4.69) is 73.9 Å². The lowest BCUT2D eigenvalue weighted by Gasteiger charge is -2.29. The maximum atomic E-state index is 13.5. The molecule has 2 N–H and O–H groups in total. The Bertz CT molecular complexity index is 1800.